The molecule has 5 heteroatoms. The highest BCUT2D eigenvalue weighted by Gasteiger charge is 2.08. The summed E-state index contributed by atoms with van der Waals surface area (Å²) in [6.45, 7) is 3.55. The van der Waals surface area contributed by atoms with Crippen LogP contribution in [0, 0.1) is 6.04 Å². The standard InChI is InChI=1S/C5H12NO3S/c1-3-4-5(2)6-10(7,8)9/h6H,3-4H2,1-2H3,(H,7,8,9). The molecule has 4 nitrogen and oxygen atoms in total. The van der Waals surface area contributed by atoms with Crippen molar-refractivity contribution in [3.63, 3.8) is 0 Å². The van der Waals surface area contributed by atoms with E-state index < -0.39 is 10.3 Å². The maximum absolute atomic E-state index is 10.1. The maximum atomic E-state index is 10.1. The van der Waals surface area contributed by atoms with Gasteiger partial charge in [0.25, 0.3) is 0 Å². The van der Waals surface area contributed by atoms with Crippen molar-refractivity contribution < 1.29 is 13.0 Å². The maximum Gasteiger partial charge on any atom is 0.333 e. The van der Waals surface area contributed by atoms with E-state index in [-0.39, 0.29) is 0 Å². The molecule has 0 aromatic heterocycles. The summed E-state index contributed by atoms with van der Waals surface area (Å²) >= 11 is 0. The van der Waals surface area contributed by atoms with Crippen molar-refractivity contribution in [2.45, 2.75) is 26.7 Å². The van der Waals surface area contributed by atoms with Gasteiger partial charge in [0.15, 0.2) is 0 Å². The first-order valence-corrected chi connectivity index (χ1v) is 4.47. The molecule has 0 rings (SSSR count). The Morgan fingerprint density at radius 1 is 1.60 bits per heavy atom. The smallest absolute Gasteiger partial charge is 0.273 e. The summed E-state index contributed by atoms with van der Waals surface area (Å²) in [7, 11) is -4.03. The van der Waals surface area contributed by atoms with Crippen molar-refractivity contribution in [3.8, 4) is 0 Å². The highest BCUT2D eigenvalue weighted by Crippen LogP contribution is 2.03. The Hall–Kier alpha value is -0.130. The van der Waals surface area contributed by atoms with Crippen LogP contribution in [0.5, 0.6) is 0 Å². The van der Waals surface area contributed by atoms with E-state index in [1.165, 1.54) is 0 Å². The third kappa shape index (κ3) is 6.00. The minimum atomic E-state index is -4.03. The molecule has 0 saturated carbocycles. The molecule has 0 aliphatic rings. The van der Waals surface area contributed by atoms with Crippen LogP contribution in [-0.4, -0.2) is 13.0 Å². The molecular weight excluding hydrogens is 154 g/mol. The van der Waals surface area contributed by atoms with E-state index in [9.17, 15) is 8.42 Å². The summed E-state index contributed by atoms with van der Waals surface area (Å²) < 4.78 is 30.5. The molecule has 0 aliphatic heterocycles. The van der Waals surface area contributed by atoms with Crippen LogP contribution in [0.3, 0.4) is 0 Å². The Kier molecular flexibility index (Phi) is 3.85. The normalized spacial score (nSPS) is 12.4. The van der Waals surface area contributed by atoms with Gasteiger partial charge < -0.3 is 0 Å². The van der Waals surface area contributed by atoms with Crippen LogP contribution in [-0.2, 0) is 10.3 Å². The number of hydrogen-bond acceptors (Lipinski definition) is 2. The first kappa shape index (κ1) is 9.87. The Labute approximate surface area is 61.5 Å². The molecule has 0 heterocycles. The van der Waals surface area contributed by atoms with E-state index >= 15 is 0 Å². The topological polar surface area (TPSA) is 66.4 Å². The third-order valence-corrected chi connectivity index (χ3v) is 1.53. The summed E-state index contributed by atoms with van der Waals surface area (Å²) in [5.74, 6) is 0. The van der Waals surface area contributed by atoms with Crippen molar-refractivity contribution >= 4 is 10.3 Å². The zero-order valence-electron chi connectivity index (χ0n) is 6.09. The van der Waals surface area contributed by atoms with Gasteiger partial charge in [-0.3, -0.25) is 4.55 Å². The van der Waals surface area contributed by atoms with Crippen LogP contribution in [0.15, 0.2) is 0 Å². The average Bonchev–Trinajstić information content (AvgIpc) is 1.59. The lowest BCUT2D eigenvalue weighted by atomic mass is 10.2. The van der Waals surface area contributed by atoms with Crippen molar-refractivity contribution in [2.75, 3.05) is 0 Å². The van der Waals surface area contributed by atoms with Gasteiger partial charge >= 0.3 is 10.3 Å². The monoisotopic (exact) mass is 166 g/mol. The van der Waals surface area contributed by atoms with Crippen molar-refractivity contribution in [1.29, 1.82) is 0 Å². The van der Waals surface area contributed by atoms with E-state index in [4.69, 9.17) is 4.55 Å². The molecular formula is C5H12NO3S. The predicted molar refractivity (Wildman–Crippen MR) is 38.5 cm³/mol. The molecule has 0 amide bonds. The lowest BCUT2D eigenvalue weighted by Crippen LogP contribution is -2.25. The fourth-order valence-electron chi connectivity index (χ4n) is 0.646. The Morgan fingerprint density at radius 2 is 2.10 bits per heavy atom. The van der Waals surface area contributed by atoms with Gasteiger partial charge in [-0.25, -0.2) is 0 Å². The zero-order valence-corrected chi connectivity index (χ0v) is 6.90. The molecule has 10 heavy (non-hydrogen) atoms. The van der Waals surface area contributed by atoms with Gasteiger partial charge in [-0.2, -0.15) is 13.1 Å². The molecule has 0 fully saturated rings. The quantitative estimate of drug-likeness (QED) is 0.605. The van der Waals surface area contributed by atoms with Crippen LogP contribution in [0.4, 0.5) is 0 Å². The van der Waals surface area contributed by atoms with Crippen molar-refractivity contribution in [2.24, 2.45) is 0 Å². The summed E-state index contributed by atoms with van der Waals surface area (Å²) in [4.78, 5) is 0. The van der Waals surface area contributed by atoms with Crippen LogP contribution in [0.2, 0.25) is 0 Å². The van der Waals surface area contributed by atoms with Crippen molar-refractivity contribution in [1.82, 2.24) is 4.72 Å². The van der Waals surface area contributed by atoms with Gasteiger partial charge in [-0.1, -0.05) is 13.3 Å². The second-order valence-corrected chi connectivity index (χ2v) is 3.26. The van der Waals surface area contributed by atoms with Crippen LogP contribution in [0.25, 0.3) is 0 Å². The zero-order chi connectivity index (χ0) is 8.20. The fraction of sp³-hybridized carbons (Fsp3) is 0.800. The summed E-state index contributed by atoms with van der Waals surface area (Å²) in [5, 5.41) is 0. The second-order valence-electron chi connectivity index (χ2n) is 2.11. The number of rotatable bonds is 4. The molecule has 0 aromatic carbocycles. The fourth-order valence-corrected chi connectivity index (χ4v) is 1.19. The number of hydrogen-bond donors (Lipinski definition) is 2. The lowest BCUT2D eigenvalue weighted by molar-refractivity contribution is 0.466. The summed E-state index contributed by atoms with van der Waals surface area (Å²) in [5.41, 5.74) is 0. The van der Waals surface area contributed by atoms with Gasteiger partial charge in [0.05, 0.1) is 6.04 Å². The van der Waals surface area contributed by atoms with Crippen LogP contribution >= 0.6 is 0 Å². The largest absolute Gasteiger partial charge is 0.333 e. The van der Waals surface area contributed by atoms with Gasteiger partial charge in [-0.05, 0) is 13.3 Å². The predicted octanol–water partition coefficient (Wildman–Crippen LogP) is 0.731. The summed E-state index contributed by atoms with van der Waals surface area (Å²) in [6.07, 6.45) is 1.51. The van der Waals surface area contributed by atoms with Crippen molar-refractivity contribution in [3.05, 3.63) is 6.04 Å². The summed E-state index contributed by atoms with van der Waals surface area (Å²) in [6, 6.07) is 0.560. The minimum absolute atomic E-state index is 0.560. The first-order valence-electron chi connectivity index (χ1n) is 3.03. The molecule has 0 saturated heterocycles. The highest BCUT2D eigenvalue weighted by atomic mass is 32.2. The Bertz CT molecular complexity index is 175. The van der Waals surface area contributed by atoms with Gasteiger partial charge in [0.2, 0.25) is 0 Å². The Balaban J connectivity index is 3.69. The average molecular weight is 166 g/mol. The second kappa shape index (κ2) is 3.90. The molecule has 0 aromatic rings. The van der Waals surface area contributed by atoms with E-state index in [2.05, 4.69) is 0 Å². The van der Waals surface area contributed by atoms with E-state index in [1.54, 1.807) is 6.92 Å². The molecule has 0 atom stereocenters. The van der Waals surface area contributed by atoms with E-state index in [1.807, 2.05) is 11.6 Å². The van der Waals surface area contributed by atoms with E-state index in [0.29, 0.717) is 12.5 Å². The molecule has 0 aliphatic carbocycles. The first-order chi connectivity index (χ1) is 4.45. The lowest BCUT2D eigenvalue weighted by Gasteiger charge is -2.06. The Morgan fingerprint density at radius 3 is 2.40 bits per heavy atom. The van der Waals surface area contributed by atoms with Gasteiger partial charge in [-0.15, -0.1) is 0 Å². The van der Waals surface area contributed by atoms with Crippen LogP contribution < -0.4 is 4.72 Å². The van der Waals surface area contributed by atoms with Gasteiger partial charge in [0, 0.05) is 0 Å². The third-order valence-electron chi connectivity index (χ3n) is 0.928. The molecule has 0 bridgehead atoms. The van der Waals surface area contributed by atoms with E-state index in [0.717, 1.165) is 6.42 Å². The molecule has 2 N–H and O–H groups in total. The highest BCUT2D eigenvalue weighted by molar-refractivity contribution is 7.83. The van der Waals surface area contributed by atoms with Crippen LogP contribution in [0.1, 0.15) is 26.7 Å². The molecule has 61 valence electrons. The number of nitrogens with one attached hydrogen (secondary N) is 1. The van der Waals surface area contributed by atoms with Gasteiger partial charge in [0.1, 0.15) is 0 Å². The SMILES string of the molecule is CCC[C](C)NS(=O)(=O)O. The minimum Gasteiger partial charge on any atom is -0.273 e. The molecule has 0 unspecified atom stereocenters. The molecule has 1 radical (unpaired) electrons. The molecule has 0 spiro atoms.